The summed E-state index contributed by atoms with van der Waals surface area (Å²) in [4.78, 5) is 37.1. The predicted molar refractivity (Wildman–Crippen MR) is 133 cm³/mol. The Bertz CT molecular complexity index is 1270. The van der Waals surface area contributed by atoms with Gasteiger partial charge in [-0.25, -0.2) is 4.98 Å². The summed E-state index contributed by atoms with van der Waals surface area (Å²) >= 11 is 0. The maximum Gasteiger partial charge on any atom is 0.255 e. The maximum absolute atomic E-state index is 13.0. The molecule has 0 radical (unpaired) electrons. The summed E-state index contributed by atoms with van der Waals surface area (Å²) < 4.78 is 0. The summed E-state index contributed by atoms with van der Waals surface area (Å²) in [6.07, 6.45) is 5.96. The minimum atomic E-state index is -0.304. The van der Waals surface area contributed by atoms with E-state index in [0.29, 0.717) is 17.1 Å². The van der Waals surface area contributed by atoms with Gasteiger partial charge in [0.05, 0.1) is 12.5 Å². The predicted octanol–water partition coefficient (Wildman–Crippen LogP) is 4.56. The minimum absolute atomic E-state index is 0.0243. The first-order chi connectivity index (χ1) is 16.6. The van der Waals surface area contributed by atoms with Crippen molar-refractivity contribution in [2.45, 2.75) is 38.6 Å². The van der Waals surface area contributed by atoms with E-state index in [1.807, 2.05) is 54.6 Å². The molecular formula is C28H28N4O2. The number of carbonyl (C=O) groups is 1. The number of aromatic amines is 1. The van der Waals surface area contributed by atoms with Gasteiger partial charge in [0, 0.05) is 29.2 Å². The third-order valence-electron chi connectivity index (χ3n) is 5.83. The summed E-state index contributed by atoms with van der Waals surface area (Å²) in [6, 6.07) is 23.8. The van der Waals surface area contributed by atoms with Crippen LogP contribution in [0, 0.1) is 6.92 Å². The Hall–Kier alpha value is -4.06. The Morgan fingerprint density at radius 1 is 1.00 bits per heavy atom. The highest BCUT2D eigenvalue weighted by atomic mass is 16.2. The number of hydrogen-bond donors (Lipinski definition) is 2. The molecule has 0 saturated heterocycles. The molecule has 2 N–H and O–H groups in total. The van der Waals surface area contributed by atoms with E-state index in [9.17, 15) is 9.59 Å². The number of aromatic nitrogens is 3. The van der Waals surface area contributed by atoms with Crippen molar-refractivity contribution in [3.63, 3.8) is 0 Å². The zero-order chi connectivity index (χ0) is 23.8. The molecule has 172 valence electrons. The number of nitrogens with one attached hydrogen (secondary N) is 2. The normalized spacial score (nSPS) is 11.7. The van der Waals surface area contributed by atoms with Gasteiger partial charge >= 0.3 is 0 Å². The molecule has 0 aliphatic heterocycles. The summed E-state index contributed by atoms with van der Waals surface area (Å²) in [5, 5.41) is 3.14. The molecule has 0 bridgehead atoms. The highest BCUT2D eigenvalue weighted by molar-refractivity contribution is 5.79. The third-order valence-corrected chi connectivity index (χ3v) is 5.83. The monoisotopic (exact) mass is 452 g/mol. The van der Waals surface area contributed by atoms with Crippen LogP contribution in [0.1, 0.15) is 41.3 Å². The molecule has 1 unspecified atom stereocenters. The van der Waals surface area contributed by atoms with Crippen molar-refractivity contribution in [3.8, 4) is 11.4 Å². The molecule has 0 fully saturated rings. The first-order valence-corrected chi connectivity index (χ1v) is 11.5. The van der Waals surface area contributed by atoms with Crippen LogP contribution in [-0.2, 0) is 17.6 Å². The largest absolute Gasteiger partial charge is 0.349 e. The van der Waals surface area contributed by atoms with E-state index in [-0.39, 0.29) is 23.9 Å². The second-order valence-corrected chi connectivity index (χ2v) is 8.31. The number of nitrogens with zero attached hydrogens (tertiary/aromatic N) is 2. The molecule has 0 aliphatic carbocycles. The molecular weight excluding hydrogens is 424 g/mol. The lowest BCUT2D eigenvalue weighted by Gasteiger charge is -2.20. The zero-order valence-corrected chi connectivity index (χ0v) is 19.2. The number of carbonyl (C=O) groups excluding carboxylic acids is 1. The van der Waals surface area contributed by atoms with Gasteiger partial charge in [0.25, 0.3) is 5.56 Å². The number of aryl methyl sites for hydroxylation is 2. The van der Waals surface area contributed by atoms with Gasteiger partial charge < -0.3 is 10.3 Å². The zero-order valence-electron chi connectivity index (χ0n) is 19.2. The molecule has 1 atom stereocenters. The van der Waals surface area contributed by atoms with Gasteiger partial charge in [-0.2, -0.15) is 0 Å². The van der Waals surface area contributed by atoms with Gasteiger partial charge in [0.1, 0.15) is 5.82 Å². The van der Waals surface area contributed by atoms with E-state index in [2.05, 4.69) is 32.4 Å². The van der Waals surface area contributed by atoms with Crippen molar-refractivity contribution in [1.29, 1.82) is 0 Å². The lowest BCUT2D eigenvalue weighted by atomic mass is 9.98. The molecule has 0 aliphatic rings. The average Bonchev–Trinajstić information content (AvgIpc) is 2.87. The number of hydrogen-bond acceptors (Lipinski definition) is 4. The Balaban J connectivity index is 1.45. The Morgan fingerprint density at radius 2 is 1.74 bits per heavy atom. The van der Waals surface area contributed by atoms with E-state index < -0.39 is 0 Å². The number of H-pyrrole nitrogens is 1. The minimum Gasteiger partial charge on any atom is -0.349 e. The fourth-order valence-electron chi connectivity index (χ4n) is 4.03. The number of benzene rings is 2. The third kappa shape index (κ3) is 6.04. The molecule has 2 aromatic carbocycles. The summed E-state index contributed by atoms with van der Waals surface area (Å²) in [5.41, 5.74) is 3.67. The van der Waals surface area contributed by atoms with E-state index in [4.69, 9.17) is 0 Å². The molecule has 6 heteroatoms. The van der Waals surface area contributed by atoms with Crippen LogP contribution < -0.4 is 10.9 Å². The van der Waals surface area contributed by atoms with Crippen LogP contribution >= 0.6 is 0 Å². The Kier molecular flexibility index (Phi) is 7.60. The first kappa shape index (κ1) is 23.1. The molecule has 0 saturated carbocycles. The smallest absolute Gasteiger partial charge is 0.255 e. The summed E-state index contributed by atoms with van der Waals surface area (Å²) in [7, 11) is 0. The number of pyridine rings is 1. The lowest BCUT2D eigenvalue weighted by molar-refractivity contribution is -0.121. The van der Waals surface area contributed by atoms with Crippen molar-refractivity contribution in [3.05, 3.63) is 118 Å². The fourth-order valence-corrected chi connectivity index (χ4v) is 4.03. The highest BCUT2D eigenvalue weighted by Crippen LogP contribution is 2.20. The summed E-state index contributed by atoms with van der Waals surface area (Å²) in [5.74, 6) is 0.251. The fraction of sp³-hybridized carbons (Fsp3) is 0.214. The molecule has 34 heavy (non-hydrogen) atoms. The van der Waals surface area contributed by atoms with Crippen LogP contribution in [0.4, 0.5) is 0 Å². The Labute approximate surface area is 199 Å². The van der Waals surface area contributed by atoms with Crippen molar-refractivity contribution < 1.29 is 4.79 Å². The Morgan fingerprint density at radius 3 is 2.41 bits per heavy atom. The van der Waals surface area contributed by atoms with Crippen molar-refractivity contribution in [1.82, 2.24) is 20.3 Å². The van der Waals surface area contributed by atoms with Gasteiger partial charge in [-0.15, -0.1) is 0 Å². The topological polar surface area (TPSA) is 87.7 Å². The van der Waals surface area contributed by atoms with Gasteiger partial charge in [-0.05, 0) is 49.4 Å². The second kappa shape index (κ2) is 11.2. The molecule has 6 nitrogen and oxygen atoms in total. The van der Waals surface area contributed by atoms with Gasteiger partial charge in [-0.1, -0.05) is 60.7 Å². The second-order valence-electron chi connectivity index (χ2n) is 8.31. The number of amides is 1. The molecule has 0 spiro atoms. The molecule has 4 rings (SSSR count). The first-order valence-electron chi connectivity index (χ1n) is 11.5. The quantitative estimate of drug-likeness (QED) is 0.390. The number of rotatable bonds is 9. The van der Waals surface area contributed by atoms with E-state index >= 15 is 0 Å². The summed E-state index contributed by atoms with van der Waals surface area (Å²) in [6.45, 7) is 1.76. The molecule has 4 aromatic rings. The van der Waals surface area contributed by atoms with Crippen LogP contribution in [0.2, 0.25) is 0 Å². The maximum atomic E-state index is 13.0. The molecule has 2 heterocycles. The van der Waals surface area contributed by atoms with Crippen molar-refractivity contribution in [2.75, 3.05) is 0 Å². The van der Waals surface area contributed by atoms with Crippen LogP contribution in [0.15, 0.2) is 90.0 Å². The van der Waals surface area contributed by atoms with E-state index in [1.165, 1.54) is 5.56 Å². The van der Waals surface area contributed by atoms with Gasteiger partial charge in [0.2, 0.25) is 5.91 Å². The van der Waals surface area contributed by atoms with Gasteiger partial charge in [0.15, 0.2) is 0 Å². The molecule has 2 aromatic heterocycles. The van der Waals surface area contributed by atoms with Crippen LogP contribution in [0.3, 0.4) is 0 Å². The van der Waals surface area contributed by atoms with Crippen molar-refractivity contribution >= 4 is 5.91 Å². The van der Waals surface area contributed by atoms with Crippen LogP contribution in [-0.4, -0.2) is 20.9 Å². The molecule has 1 amide bonds. The van der Waals surface area contributed by atoms with E-state index in [0.717, 1.165) is 30.4 Å². The van der Waals surface area contributed by atoms with Gasteiger partial charge in [-0.3, -0.25) is 14.6 Å². The standard InChI is InChI=1S/C28H28N4O2/c1-20-24(28(34)32-27(30-20)23-15-9-17-29-19-23)18-26(33)31-25(22-13-6-3-7-14-22)16-8-12-21-10-4-2-5-11-21/h2-7,9-11,13-15,17,19,25H,8,12,16,18H2,1H3,(H,31,33)(H,30,32,34). The van der Waals surface area contributed by atoms with Crippen LogP contribution in [0.25, 0.3) is 11.4 Å². The average molecular weight is 453 g/mol. The SMILES string of the molecule is Cc1nc(-c2cccnc2)[nH]c(=O)c1CC(=O)NC(CCCc1ccccc1)c1ccccc1. The van der Waals surface area contributed by atoms with Crippen LogP contribution in [0.5, 0.6) is 0 Å². The van der Waals surface area contributed by atoms with E-state index in [1.54, 1.807) is 25.4 Å². The highest BCUT2D eigenvalue weighted by Gasteiger charge is 2.18. The lowest BCUT2D eigenvalue weighted by Crippen LogP contribution is -2.32. The van der Waals surface area contributed by atoms with Crippen molar-refractivity contribution in [2.24, 2.45) is 0 Å².